The molecule has 0 radical (unpaired) electrons. The van der Waals surface area contributed by atoms with Crippen LogP contribution in [0.25, 0.3) is 33.2 Å². The van der Waals surface area contributed by atoms with Crippen LogP contribution in [0, 0.1) is 0 Å². The van der Waals surface area contributed by atoms with Gasteiger partial charge in [-0.15, -0.1) is 4.73 Å². The van der Waals surface area contributed by atoms with Crippen LogP contribution in [0.2, 0.25) is 0 Å². The molecular formula is C31H28N4O5. The standard InChI is InChI=1S/C31H28N4O5/c1-18(36)40-35-27-11-22-8-3-2-7-21(22)10-25(27)33-30(31(35)37)24-16-34(15-20-6-4-5-19(9-20)14-32)26-13-29-28(12-23(24)26)38-17-39-29/h4-6,9-13,16H,2-3,7-8,14-15,17,32H2,1H3. The fraction of sp³-hybridized carbons (Fsp3) is 0.258. The molecule has 3 heterocycles. The second kappa shape index (κ2) is 9.53. The monoisotopic (exact) mass is 536 g/mol. The summed E-state index contributed by atoms with van der Waals surface area (Å²) in [5.41, 5.74) is 12.6. The lowest BCUT2D eigenvalue weighted by atomic mass is 9.91. The average molecular weight is 537 g/mol. The molecule has 2 aliphatic rings. The van der Waals surface area contributed by atoms with Crippen LogP contribution in [0.1, 0.15) is 42.0 Å². The Morgan fingerprint density at radius 1 is 1.00 bits per heavy atom. The van der Waals surface area contributed by atoms with Crippen molar-refractivity contribution in [2.45, 2.75) is 45.7 Å². The van der Waals surface area contributed by atoms with Crippen molar-refractivity contribution in [2.24, 2.45) is 5.73 Å². The molecule has 1 aliphatic carbocycles. The Morgan fingerprint density at radius 3 is 2.52 bits per heavy atom. The van der Waals surface area contributed by atoms with Crippen LogP contribution in [0.4, 0.5) is 0 Å². The Bertz CT molecular complexity index is 1890. The fourth-order valence-corrected chi connectivity index (χ4v) is 5.83. The molecule has 0 amide bonds. The lowest BCUT2D eigenvalue weighted by molar-refractivity contribution is -0.141. The maximum Gasteiger partial charge on any atom is 0.330 e. The molecule has 7 rings (SSSR count). The van der Waals surface area contributed by atoms with E-state index in [1.54, 1.807) is 0 Å². The van der Waals surface area contributed by atoms with Gasteiger partial charge in [0.05, 0.1) is 11.0 Å². The van der Waals surface area contributed by atoms with E-state index >= 15 is 0 Å². The number of aryl methyl sites for hydroxylation is 2. The molecule has 5 aromatic rings. The van der Waals surface area contributed by atoms with Crippen molar-refractivity contribution in [3.8, 4) is 22.8 Å². The minimum atomic E-state index is -0.580. The van der Waals surface area contributed by atoms with Gasteiger partial charge in [0.1, 0.15) is 11.2 Å². The number of hydrogen-bond acceptors (Lipinski definition) is 7. The lowest BCUT2D eigenvalue weighted by Gasteiger charge is -2.18. The first-order valence-electron chi connectivity index (χ1n) is 13.5. The number of fused-ring (bicyclic) bond motifs is 4. The number of hydrogen-bond donors (Lipinski definition) is 1. The largest absolute Gasteiger partial charge is 0.454 e. The van der Waals surface area contributed by atoms with E-state index in [0.29, 0.717) is 41.2 Å². The van der Waals surface area contributed by atoms with E-state index in [0.717, 1.165) is 58.0 Å². The minimum absolute atomic E-state index is 0.133. The van der Waals surface area contributed by atoms with Gasteiger partial charge >= 0.3 is 11.5 Å². The van der Waals surface area contributed by atoms with Gasteiger partial charge in [-0.05, 0) is 66.1 Å². The van der Waals surface area contributed by atoms with E-state index in [-0.39, 0.29) is 12.5 Å². The van der Waals surface area contributed by atoms with Crippen molar-refractivity contribution in [3.63, 3.8) is 0 Å². The first-order chi connectivity index (χ1) is 19.5. The second-order valence-corrected chi connectivity index (χ2v) is 10.4. The third kappa shape index (κ3) is 4.10. The first kappa shape index (κ1) is 24.4. The molecule has 2 N–H and O–H groups in total. The summed E-state index contributed by atoms with van der Waals surface area (Å²) < 4.78 is 14.5. The van der Waals surface area contributed by atoms with Crippen LogP contribution in [0.5, 0.6) is 11.5 Å². The predicted molar refractivity (Wildman–Crippen MR) is 150 cm³/mol. The maximum atomic E-state index is 14.0. The number of nitrogens with zero attached hydrogens (tertiary/aromatic N) is 3. The summed E-state index contributed by atoms with van der Waals surface area (Å²) in [5.74, 6) is 0.667. The smallest absolute Gasteiger partial charge is 0.330 e. The number of nitrogens with two attached hydrogens (primary N) is 1. The van der Waals surface area contributed by atoms with Crippen molar-refractivity contribution >= 4 is 27.9 Å². The zero-order chi connectivity index (χ0) is 27.4. The maximum absolute atomic E-state index is 14.0. The fourth-order valence-electron chi connectivity index (χ4n) is 5.83. The Balaban J connectivity index is 1.47. The van der Waals surface area contributed by atoms with Gasteiger partial charge in [0.15, 0.2) is 11.5 Å². The van der Waals surface area contributed by atoms with Gasteiger partial charge in [-0.3, -0.25) is 4.79 Å². The molecule has 40 heavy (non-hydrogen) atoms. The third-order valence-electron chi connectivity index (χ3n) is 7.71. The summed E-state index contributed by atoms with van der Waals surface area (Å²) in [6.07, 6.45) is 6.00. The van der Waals surface area contributed by atoms with Crippen molar-refractivity contribution in [1.29, 1.82) is 0 Å². The summed E-state index contributed by atoms with van der Waals surface area (Å²) in [6, 6.07) is 15.9. The van der Waals surface area contributed by atoms with Gasteiger partial charge in [0.25, 0.3) is 0 Å². The highest BCUT2D eigenvalue weighted by molar-refractivity contribution is 5.98. The second-order valence-electron chi connectivity index (χ2n) is 10.4. The molecule has 1 aliphatic heterocycles. The van der Waals surface area contributed by atoms with Gasteiger partial charge in [-0.2, -0.15) is 0 Å². The minimum Gasteiger partial charge on any atom is -0.454 e. The van der Waals surface area contributed by atoms with E-state index < -0.39 is 11.5 Å². The molecule has 9 nitrogen and oxygen atoms in total. The van der Waals surface area contributed by atoms with Crippen LogP contribution in [-0.4, -0.2) is 27.0 Å². The highest BCUT2D eigenvalue weighted by Crippen LogP contribution is 2.40. The number of benzene rings is 3. The highest BCUT2D eigenvalue weighted by atomic mass is 16.7. The summed E-state index contributed by atoms with van der Waals surface area (Å²) in [5, 5.41) is 0.788. The molecule has 0 saturated carbocycles. The van der Waals surface area contributed by atoms with Gasteiger partial charge in [-0.1, -0.05) is 24.3 Å². The zero-order valence-electron chi connectivity index (χ0n) is 22.1. The highest BCUT2D eigenvalue weighted by Gasteiger charge is 2.24. The number of carbonyl (C=O) groups is 1. The number of carbonyl (C=O) groups excluding carboxylic acids is 1. The molecule has 9 heteroatoms. The van der Waals surface area contributed by atoms with Crippen molar-refractivity contribution < 1.29 is 19.1 Å². The van der Waals surface area contributed by atoms with Crippen LogP contribution >= 0.6 is 0 Å². The predicted octanol–water partition coefficient (Wildman–Crippen LogP) is 4.11. The van der Waals surface area contributed by atoms with Crippen LogP contribution in [0.15, 0.2) is 59.5 Å². The van der Waals surface area contributed by atoms with Crippen molar-refractivity contribution in [1.82, 2.24) is 14.3 Å². The molecule has 0 saturated heterocycles. The SMILES string of the molecule is CC(=O)On1c(=O)c(-c2cn(Cc3cccc(CN)c3)c3cc4c(cc23)OCO4)nc2cc3c(cc21)CCCC3. The van der Waals surface area contributed by atoms with Crippen LogP contribution in [0.3, 0.4) is 0 Å². The number of aromatic nitrogens is 3. The Morgan fingerprint density at radius 2 is 1.75 bits per heavy atom. The van der Waals surface area contributed by atoms with E-state index in [4.69, 9.17) is 25.0 Å². The Hall–Kier alpha value is -4.63. The van der Waals surface area contributed by atoms with Gasteiger partial charge in [0.2, 0.25) is 6.79 Å². The van der Waals surface area contributed by atoms with Gasteiger partial charge < -0.3 is 24.6 Å². The summed E-state index contributed by atoms with van der Waals surface area (Å²) in [4.78, 5) is 36.4. The molecule has 202 valence electrons. The molecule has 0 unspecified atom stereocenters. The van der Waals surface area contributed by atoms with Gasteiger partial charge in [-0.25, -0.2) is 9.78 Å². The topological polar surface area (TPSA) is 111 Å². The van der Waals surface area contributed by atoms with Gasteiger partial charge in [0, 0.05) is 43.2 Å². The Labute approximate surface area is 229 Å². The third-order valence-corrected chi connectivity index (χ3v) is 7.71. The molecule has 0 atom stereocenters. The summed E-state index contributed by atoms with van der Waals surface area (Å²) in [7, 11) is 0. The van der Waals surface area contributed by atoms with E-state index in [2.05, 4.69) is 10.6 Å². The van der Waals surface area contributed by atoms with E-state index in [9.17, 15) is 9.59 Å². The summed E-state index contributed by atoms with van der Waals surface area (Å²) >= 11 is 0. The summed E-state index contributed by atoms with van der Waals surface area (Å²) in [6.45, 7) is 2.42. The lowest BCUT2D eigenvalue weighted by Crippen LogP contribution is -2.32. The van der Waals surface area contributed by atoms with Crippen molar-refractivity contribution in [2.75, 3.05) is 6.79 Å². The molecule has 3 aromatic carbocycles. The number of ether oxygens (including phenoxy) is 2. The normalized spacial score (nSPS) is 14.1. The van der Waals surface area contributed by atoms with Crippen LogP contribution < -0.4 is 25.6 Å². The number of rotatable bonds is 5. The van der Waals surface area contributed by atoms with E-state index in [1.165, 1.54) is 12.5 Å². The Kier molecular flexibility index (Phi) is 5.82. The van der Waals surface area contributed by atoms with E-state index in [1.807, 2.05) is 48.7 Å². The van der Waals surface area contributed by atoms with Crippen molar-refractivity contribution in [3.05, 3.63) is 87.3 Å². The molecule has 0 spiro atoms. The molecule has 0 fully saturated rings. The quantitative estimate of drug-likeness (QED) is 0.360. The molecular weight excluding hydrogens is 508 g/mol. The molecule has 2 aromatic heterocycles. The van der Waals surface area contributed by atoms with Crippen LogP contribution in [-0.2, 0) is 30.7 Å². The zero-order valence-corrected chi connectivity index (χ0v) is 22.1. The average Bonchev–Trinajstić information content (AvgIpc) is 3.56. The first-order valence-corrected chi connectivity index (χ1v) is 13.5. The molecule has 0 bridgehead atoms.